The Labute approximate surface area is 311 Å². The number of rotatable bonds is 3. The van der Waals surface area contributed by atoms with Crippen LogP contribution in [0, 0.1) is 0 Å². The zero-order valence-electron chi connectivity index (χ0n) is 30.0. The first kappa shape index (κ1) is 29.7. The maximum absolute atomic E-state index is 6.38. The van der Waals surface area contributed by atoms with Gasteiger partial charge in [-0.1, -0.05) is 123 Å². The topological polar surface area (TPSA) is 23.0 Å². The third kappa shape index (κ3) is 3.91. The molecule has 0 spiro atoms. The van der Waals surface area contributed by atoms with Crippen LogP contribution in [0.15, 0.2) is 174 Å². The molecular weight excluding hydrogens is 657 g/mol. The number of para-hydroxylation sites is 3. The van der Waals surface area contributed by atoms with Gasteiger partial charge in [0.1, 0.15) is 11.2 Å². The van der Waals surface area contributed by atoms with Gasteiger partial charge in [-0.2, -0.15) is 0 Å². The zero-order valence-corrected chi connectivity index (χ0v) is 30.0. The maximum atomic E-state index is 6.38. The van der Waals surface area contributed by atoms with E-state index in [2.05, 4.69) is 187 Å². The molecule has 3 heteroatoms. The van der Waals surface area contributed by atoms with Gasteiger partial charge in [0.2, 0.25) is 0 Å². The summed E-state index contributed by atoms with van der Waals surface area (Å²) in [6.07, 6.45) is 0. The Kier molecular flexibility index (Phi) is 5.84. The summed E-state index contributed by atoms with van der Waals surface area (Å²) in [5.41, 5.74) is 16.7. The molecule has 1 aliphatic carbocycles. The maximum Gasteiger partial charge on any atom is 0.136 e. The van der Waals surface area contributed by atoms with Crippen molar-refractivity contribution in [2.45, 2.75) is 19.3 Å². The van der Waals surface area contributed by atoms with E-state index >= 15 is 0 Å². The molecule has 0 radical (unpaired) electrons. The monoisotopic (exact) mass is 690 g/mol. The van der Waals surface area contributed by atoms with Crippen molar-refractivity contribution in [1.82, 2.24) is 9.13 Å². The lowest BCUT2D eigenvalue weighted by Gasteiger charge is -2.23. The van der Waals surface area contributed by atoms with Gasteiger partial charge in [-0.15, -0.1) is 0 Å². The number of hydrogen-bond acceptors (Lipinski definition) is 1. The van der Waals surface area contributed by atoms with Gasteiger partial charge in [-0.3, -0.25) is 0 Å². The predicted octanol–water partition coefficient (Wildman–Crippen LogP) is 13.8. The first-order valence-corrected chi connectivity index (χ1v) is 18.8. The van der Waals surface area contributed by atoms with Crippen molar-refractivity contribution < 1.29 is 4.42 Å². The summed E-state index contributed by atoms with van der Waals surface area (Å²) in [6.45, 7) is 4.77. The quantitative estimate of drug-likeness (QED) is 0.181. The molecule has 0 atom stereocenters. The molecule has 54 heavy (non-hydrogen) atoms. The highest BCUT2D eigenvalue weighted by Crippen LogP contribution is 2.53. The standard InChI is InChI=1S/C51H34N2O/c1-51(2)43-19-11-9-17-35(43)38-24-25-39-40-27-31(22-26-44(40)53(50(39)49(38)51)34-15-7-4-8-16-34)32-21-23-36-41-30-48-42(37-18-10-12-20-47(37)54-48)29-46(41)52(45(36)28-32)33-13-5-3-6-14-33/h3-30H,1-2H3. The lowest BCUT2D eigenvalue weighted by Crippen LogP contribution is -2.16. The van der Waals surface area contributed by atoms with Crippen LogP contribution in [0.5, 0.6) is 0 Å². The lowest BCUT2D eigenvalue weighted by atomic mass is 9.81. The highest BCUT2D eigenvalue weighted by atomic mass is 16.3. The van der Waals surface area contributed by atoms with Gasteiger partial charge in [0.25, 0.3) is 0 Å². The summed E-state index contributed by atoms with van der Waals surface area (Å²) in [4.78, 5) is 0. The van der Waals surface area contributed by atoms with E-state index in [0.29, 0.717) is 0 Å². The number of furan rings is 1. The van der Waals surface area contributed by atoms with E-state index in [1.54, 1.807) is 0 Å². The Morgan fingerprint density at radius 1 is 0.407 bits per heavy atom. The van der Waals surface area contributed by atoms with Crippen LogP contribution in [0.25, 0.3) is 99.2 Å². The Hall–Kier alpha value is -6.84. The predicted molar refractivity (Wildman–Crippen MR) is 225 cm³/mol. The van der Waals surface area contributed by atoms with E-state index in [1.807, 2.05) is 6.07 Å². The van der Waals surface area contributed by atoms with Gasteiger partial charge in [0.05, 0.1) is 22.1 Å². The first-order chi connectivity index (χ1) is 26.5. The molecule has 3 nitrogen and oxygen atoms in total. The second kappa shape index (κ2) is 10.6. The summed E-state index contributed by atoms with van der Waals surface area (Å²) in [5.74, 6) is 0. The van der Waals surface area contributed by atoms with Crippen molar-refractivity contribution in [3.63, 3.8) is 0 Å². The molecule has 0 aliphatic heterocycles. The summed E-state index contributed by atoms with van der Waals surface area (Å²) in [5, 5.41) is 7.21. The molecule has 3 heterocycles. The molecule has 0 N–H and O–H groups in total. The largest absolute Gasteiger partial charge is 0.456 e. The molecule has 1 aliphatic rings. The fourth-order valence-corrected chi connectivity index (χ4v) is 9.66. The van der Waals surface area contributed by atoms with Crippen molar-refractivity contribution in [2.75, 3.05) is 0 Å². The van der Waals surface area contributed by atoms with Crippen molar-refractivity contribution in [3.05, 3.63) is 181 Å². The SMILES string of the molecule is CC1(C)c2ccccc2-c2ccc3c4cc(-c5ccc6c7cc8oc9ccccc9c8cc7n(-c7ccccc7)c6c5)ccc4n(-c4ccccc4)c3c21. The molecule has 0 unspecified atom stereocenters. The van der Waals surface area contributed by atoms with Gasteiger partial charge in [0.15, 0.2) is 0 Å². The number of fused-ring (bicyclic) bond motifs is 13. The van der Waals surface area contributed by atoms with Crippen LogP contribution in [-0.2, 0) is 5.41 Å². The molecule has 11 aromatic rings. The van der Waals surface area contributed by atoms with Crippen molar-refractivity contribution in [2.24, 2.45) is 0 Å². The Morgan fingerprint density at radius 3 is 1.89 bits per heavy atom. The molecule has 0 saturated heterocycles. The average Bonchev–Trinajstić information content (AvgIpc) is 3.92. The smallest absolute Gasteiger partial charge is 0.136 e. The molecular formula is C51H34N2O. The minimum Gasteiger partial charge on any atom is -0.456 e. The van der Waals surface area contributed by atoms with Gasteiger partial charge < -0.3 is 13.6 Å². The van der Waals surface area contributed by atoms with E-state index in [9.17, 15) is 0 Å². The summed E-state index contributed by atoms with van der Waals surface area (Å²) < 4.78 is 11.3. The van der Waals surface area contributed by atoms with Crippen molar-refractivity contribution in [3.8, 4) is 33.6 Å². The summed E-state index contributed by atoms with van der Waals surface area (Å²) in [7, 11) is 0. The van der Waals surface area contributed by atoms with Crippen LogP contribution in [0.1, 0.15) is 25.0 Å². The molecule has 254 valence electrons. The second-order valence-corrected chi connectivity index (χ2v) is 15.3. The van der Waals surface area contributed by atoms with Crippen LogP contribution < -0.4 is 0 Å². The summed E-state index contributed by atoms with van der Waals surface area (Å²) >= 11 is 0. The van der Waals surface area contributed by atoms with E-state index in [1.165, 1.54) is 82.7 Å². The number of aromatic nitrogens is 2. The Morgan fingerprint density at radius 2 is 1.06 bits per heavy atom. The lowest BCUT2D eigenvalue weighted by molar-refractivity contribution is 0.664. The van der Waals surface area contributed by atoms with Gasteiger partial charge in [-0.05, 0) is 94.0 Å². The number of nitrogens with zero attached hydrogens (tertiary/aromatic N) is 2. The average molecular weight is 691 g/mol. The minimum absolute atomic E-state index is 0.140. The number of benzene rings is 8. The van der Waals surface area contributed by atoms with Crippen molar-refractivity contribution in [1.29, 1.82) is 0 Å². The van der Waals surface area contributed by atoms with Gasteiger partial charge in [-0.25, -0.2) is 0 Å². The normalized spacial score (nSPS) is 13.5. The molecule has 12 rings (SSSR count). The van der Waals surface area contributed by atoms with Crippen LogP contribution in [0.4, 0.5) is 0 Å². The van der Waals surface area contributed by atoms with E-state index in [-0.39, 0.29) is 5.41 Å². The summed E-state index contributed by atoms with van der Waals surface area (Å²) in [6, 6.07) is 62.1. The molecule has 3 aromatic heterocycles. The van der Waals surface area contributed by atoms with E-state index < -0.39 is 0 Å². The van der Waals surface area contributed by atoms with E-state index in [4.69, 9.17) is 4.42 Å². The van der Waals surface area contributed by atoms with Gasteiger partial charge >= 0.3 is 0 Å². The van der Waals surface area contributed by atoms with Crippen LogP contribution >= 0.6 is 0 Å². The molecule has 0 bridgehead atoms. The van der Waals surface area contributed by atoms with Crippen LogP contribution in [0.2, 0.25) is 0 Å². The zero-order chi connectivity index (χ0) is 35.7. The van der Waals surface area contributed by atoms with Crippen molar-refractivity contribution >= 4 is 65.6 Å². The molecule has 0 amide bonds. The second-order valence-electron chi connectivity index (χ2n) is 15.3. The minimum atomic E-state index is -0.140. The highest BCUT2D eigenvalue weighted by molar-refractivity contribution is 6.18. The molecule has 0 saturated carbocycles. The molecule has 0 fully saturated rings. The third-order valence-corrected chi connectivity index (χ3v) is 12.1. The Balaban J connectivity index is 1.12. The first-order valence-electron chi connectivity index (χ1n) is 18.8. The number of hydrogen-bond donors (Lipinski definition) is 0. The Bertz CT molecular complexity index is 3340. The van der Waals surface area contributed by atoms with Gasteiger partial charge in [0, 0.05) is 49.1 Å². The third-order valence-electron chi connectivity index (χ3n) is 12.1. The fourth-order valence-electron chi connectivity index (χ4n) is 9.66. The van der Waals surface area contributed by atoms with Crippen LogP contribution in [0.3, 0.4) is 0 Å². The molecule has 8 aromatic carbocycles. The van der Waals surface area contributed by atoms with E-state index in [0.717, 1.165) is 27.6 Å². The highest BCUT2D eigenvalue weighted by Gasteiger charge is 2.38. The van der Waals surface area contributed by atoms with Crippen LogP contribution in [-0.4, -0.2) is 9.13 Å². The fraction of sp³-hybridized carbons (Fsp3) is 0.0588.